The second-order valence-corrected chi connectivity index (χ2v) is 11.3. The maximum atomic E-state index is 13.2. The second kappa shape index (κ2) is 8.63. The highest BCUT2D eigenvalue weighted by molar-refractivity contribution is 7.92. The number of benzene rings is 3. The Labute approximate surface area is 210 Å². The number of anilines is 2. The van der Waals surface area contributed by atoms with Gasteiger partial charge in [-0.25, -0.2) is 13.3 Å². The SMILES string of the molecule is CC(C)(C)c1ccc(S(=O)(=O)Nc2ccc(Cl)c3c2C(=O)N(c2cccc(C(F)(F)F)c2)C3=O)cc1. The molecule has 0 fully saturated rings. The minimum absolute atomic E-state index is 0.0780. The first-order chi connectivity index (χ1) is 16.6. The standard InChI is InChI=1S/C25H20ClF3N2O4S/c1-24(2,3)14-7-9-17(10-8-14)36(34,35)30-19-12-11-18(26)20-21(19)23(33)31(22(20)32)16-6-4-5-15(13-16)25(27,28)29/h4-13,30H,1-3H3. The van der Waals surface area contributed by atoms with Gasteiger partial charge in [0, 0.05) is 0 Å². The van der Waals surface area contributed by atoms with Gasteiger partial charge in [0.2, 0.25) is 0 Å². The third kappa shape index (κ3) is 4.58. The zero-order chi connectivity index (χ0) is 26.6. The lowest BCUT2D eigenvalue weighted by Crippen LogP contribution is -2.30. The minimum Gasteiger partial charge on any atom is -0.279 e. The molecule has 2 amide bonds. The number of sulfonamides is 1. The number of alkyl halides is 3. The van der Waals surface area contributed by atoms with Crippen LogP contribution in [0.2, 0.25) is 5.02 Å². The molecule has 11 heteroatoms. The summed E-state index contributed by atoms with van der Waals surface area (Å²) in [5, 5.41) is -0.143. The average Bonchev–Trinajstić information content (AvgIpc) is 3.06. The minimum atomic E-state index is -4.70. The van der Waals surface area contributed by atoms with Crippen LogP contribution in [0, 0.1) is 0 Å². The summed E-state index contributed by atoms with van der Waals surface area (Å²) in [5.41, 5.74) is -1.54. The van der Waals surface area contributed by atoms with E-state index in [1.54, 1.807) is 12.1 Å². The Hall–Kier alpha value is -3.37. The number of carbonyl (C=O) groups excluding carboxylic acids is 2. The molecule has 4 rings (SSSR count). The van der Waals surface area contributed by atoms with Crippen LogP contribution >= 0.6 is 11.6 Å². The van der Waals surface area contributed by atoms with Gasteiger partial charge in [0.1, 0.15) is 0 Å². The monoisotopic (exact) mass is 536 g/mol. The molecule has 0 spiro atoms. The van der Waals surface area contributed by atoms with Gasteiger partial charge in [-0.3, -0.25) is 14.3 Å². The summed E-state index contributed by atoms with van der Waals surface area (Å²) >= 11 is 6.15. The number of halogens is 4. The number of nitrogens with zero attached hydrogens (tertiary/aromatic N) is 1. The van der Waals surface area contributed by atoms with Crippen LogP contribution in [-0.2, 0) is 21.6 Å². The molecule has 3 aromatic rings. The number of hydrogen-bond acceptors (Lipinski definition) is 4. The van der Waals surface area contributed by atoms with Crippen molar-refractivity contribution in [3.8, 4) is 0 Å². The second-order valence-electron chi connectivity index (χ2n) is 9.22. The molecule has 3 aromatic carbocycles. The Balaban J connectivity index is 1.74. The summed E-state index contributed by atoms with van der Waals surface area (Å²) in [5.74, 6) is -1.97. The molecular weight excluding hydrogens is 517 g/mol. The number of hydrogen-bond donors (Lipinski definition) is 1. The van der Waals surface area contributed by atoms with Crippen LogP contribution < -0.4 is 9.62 Å². The Kier molecular flexibility index (Phi) is 6.17. The number of fused-ring (bicyclic) bond motifs is 1. The molecule has 0 saturated carbocycles. The Morgan fingerprint density at radius 3 is 2.03 bits per heavy atom. The first-order valence-electron chi connectivity index (χ1n) is 10.6. The van der Waals surface area contributed by atoms with Gasteiger partial charge in [-0.05, 0) is 53.4 Å². The normalized spacial score (nSPS) is 14.2. The van der Waals surface area contributed by atoms with Gasteiger partial charge in [0.05, 0.1) is 38.0 Å². The fraction of sp³-hybridized carbons (Fsp3) is 0.200. The third-order valence-corrected chi connectivity index (χ3v) is 7.39. The van der Waals surface area contributed by atoms with Crippen LogP contribution in [0.1, 0.15) is 52.6 Å². The van der Waals surface area contributed by atoms with Gasteiger partial charge >= 0.3 is 6.18 Å². The fourth-order valence-corrected chi connectivity index (χ4v) is 5.11. The van der Waals surface area contributed by atoms with Crippen molar-refractivity contribution in [3.05, 3.63) is 87.9 Å². The van der Waals surface area contributed by atoms with Gasteiger partial charge in [0.15, 0.2) is 0 Å². The highest BCUT2D eigenvalue weighted by Gasteiger charge is 2.42. The molecule has 1 aliphatic heterocycles. The van der Waals surface area contributed by atoms with E-state index < -0.39 is 33.6 Å². The van der Waals surface area contributed by atoms with Gasteiger partial charge in [-0.2, -0.15) is 13.2 Å². The highest BCUT2D eigenvalue weighted by atomic mass is 35.5. The predicted octanol–water partition coefficient (Wildman–Crippen LogP) is 6.26. The van der Waals surface area contributed by atoms with E-state index in [1.165, 1.54) is 30.3 Å². The van der Waals surface area contributed by atoms with Crippen molar-refractivity contribution in [3.63, 3.8) is 0 Å². The summed E-state index contributed by atoms with van der Waals surface area (Å²) in [7, 11) is -4.18. The summed E-state index contributed by atoms with van der Waals surface area (Å²) < 4.78 is 68.0. The van der Waals surface area contributed by atoms with E-state index in [2.05, 4.69) is 4.72 Å². The largest absolute Gasteiger partial charge is 0.416 e. The number of rotatable bonds is 4. The first kappa shape index (κ1) is 25.7. The molecule has 0 bridgehead atoms. The van der Waals surface area contributed by atoms with Crippen LogP contribution in [-0.4, -0.2) is 20.2 Å². The van der Waals surface area contributed by atoms with Crippen molar-refractivity contribution in [2.75, 3.05) is 9.62 Å². The Morgan fingerprint density at radius 2 is 1.44 bits per heavy atom. The lowest BCUT2D eigenvalue weighted by molar-refractivity contribution is -0.137. The summed E-state index contributed by atoms with van der Waals surface area (Å²) in [6.45, 7) is 5.93. The molecule has 0 aromatic heterocycles. The van der Waals surface area contributed by atoms with Crippen molar-refractivity contribution in [1.82, 2.24) is 0 Å². The van der Waals surface area contributed by atoms with E-state index in [4.69, 9.17) is 11.6 Å². The molecule has 1 aliphatic rings. The zero-order valence-electron chi connectivity index (χ0n) is 19.3. The molecule has 0 aliphatic carbocycles. The topological polar surface area (TPSA) is 83.6 Å². The first-order valence-corrected chi connectivity index (χ1v) is 12.5. The van der Waals surface area contributed by atoms with E-state index in [-0.39, 0.29) is 37.8 Å². The van der Waals surface area contributed by atoms with E-state index >= 15 is 0 Å². The zero-order valence-corrected chi connectivity index (χ0v) is 20.8. The lowest BCUT2D eigenvalue weighted by Gasteiger charge is -2.19. The molecular formula is C25H20ClF3N2O4S. The van der Waals surface area contributed by atoms with Crippen molar-refractivity contribution < 1.29 is 31.2 Å². The molecule has 0 saturated heterocycles. The van der Waals surface area contributed by atoms with Crippen molar-refractivity contribution in [2.24, 2.45) is 0 Å². The van der Waals surface area contributed by atoms with Gasteiger partial charge in [-0.1, -0.05) is 50.6 Å². The predicted molar refractivity (Wildman–Crippen MR) is 130 cm³/mol. The Morgan fingerprint density at radius 1 is 0.833 bits per heavy atom. The van der Waals surface area contributed by atoms with Crippen LogP contribution in [0.25, 0.3) is 0 Å². The van der Waals surface area contributed by atoms with Crippen LogP contribution in [0.5, 0.6) is 0 Å². The molecule has 0 radical (unpaired) electrons. The molecule has 36 heavy (non-hydrogen) atoms. The van der Waals surface area contributed by atoms with E-state index in [0.29, 0.717) is 11.0 Å². The van der Waals surface area contributed by atoms with Crippen molar-refractivity contribution in [2.45, 2.75) is 37.3 Å². The van der Waals surface area contributed by atoms with Crippen LogP contribution in [0.4, 0.5) is 24.5 Å². The van der Waals surface area contributed by atoms with Crippen LogP contribution in [0.15, 0.2) is 65.6 Å². The molecule has 188 valence electrons. The van der Waals surface area contributed by atoms with Crippen molar-refractivity contribution >= 4 is 44.8 Å². The summed E-state index contributed by atoms with van der Waals surface area (Å²) in [6.07, 6.45) is -4.70. The number of nitrogens with one attached hydrogen (secondary N) is 1. The van der Waals surface area contributed by atoms with Gasteiger partial charge in [0.25, 0.3) is 21.8 Å². The van der Waals surface area contributed by atoms with Crippen LogP contribution in [0.3, 0.4) is 0 Å². The molecule has 6 nitrogen and oxygen atoms in total. The van der Waals surface area contributed by atoms with Gasteiger partial charge in [-0.15, -0.1) is 0 Å². The fourth-order valence-electron chi connectivity index (χ4n) is 3.80. The Bertz CT molecular complexity index is 1500. The number of carbonyl (C=O) groups is 2. The third-order valence-electron chi connectivity index (χ3n) is 5.70. The maximum Gasteiger partial charge on any atom is 0.416 e. The maximum absolute atomic E-state index is 13.2. The number of imide groups is 1. The summed E-state index contributed by atoms with van der Waals surface area (Å²) in [4.78, 5) is 26.8. The number of amides is 2. The average molecular weight is 537 g/mol. The smallest absolute Gasteiger partial charge is 0.279 e. The quantitative estimate of drug-likeness (QED) is 0.399. The van der Waals surface area contributed by atoms with E-state index in [9.17, 15) is 31.2 Å². The van der Waals surface area contributed by atoms with E-state index in [0.717, 1.165) is 17.7 Å². The lowest BCUT2D eigenvalue weighted by atomic mass is 9.87. The highest BCUT2D eigenvalue weighted by Crippen LogP contribution is 2.39. The molecule has 0 atom stereocenters. The molecule has 0 unspecified atom stereocenters. The molecule has 1 N–H and O–H groups in total. The molecule has 1 heterocycles. The van der Waals surface area contributed by atoms with Gasteiger partial charge < -0.3 is 0 Å². The van der Waals surface area contributed by atoms with E-state index in [1.807, 2.05) is 20.8 Å². The van der Waals surface area contributed by atoms with Crippen molar-refractivity contribution in [1.29, 1.82) is 0 Å². The summed E-state index contributed by atoms with van der Waals surface area (Å²) in [6, 6.07) is 12.3.